The molecule has 21 heavy (non-hydrogen) atoms. The van der Waals surface area contributed by atoms with Gasteiger partial charge in [-0.05, 0) is 25.1 Å². The number of fused-ring (bicyclic) bond motifs is 1. The topological polar surface area (TPSA) is 116 Å². The van der Waals surface area contributed by atoms with Gasteiger partial charge in [0.2, 0.25) is 0 Å². The van der Waals surface area contributed by atoms with E-state index < -0.39 is 11.5 Å². The SMILES string of the molecule is C/C(=N\NC(=O)CC#N)c1cc2ccc(O)cc2oc1=O. The fourth-order valence-electron chi connectivity index (χ4n) is 1.67. The molecule has 0 bridgehead atoms. The minimum absolute atomic E-state index is 0.00689. The van der Waals surface area contributed by atoms with Crippen molar-refractivity contribution in [3.05, 3.63) is 40.2 Å². The highest BCUT2D eigenvalue weighted by atomic mass is 16.4. The van der Waals surface area contributed by atoms with E-state index in [2.05, 4.69) is 10.5 Å². The number of aromatic hydroxyl groups is 1. The third-order valence-electron chi connectivity index (χ3n) is 2.70. The minimum Gasteiger partial charge on any atom is -0.508 e. The minimum atomic E-state index is -0.635. The summed E-state index contributed by atoms with van der Waals surface area (Å²) >= 11 is 0. The van der Waals surface area contributed by atoms with Gasteiger partial charge in [-0.15, -0.1) is 0 Å². The quantitative estimate of drug-likeness (QED) is 0.500. The summed E-state index contributed by atoms with van der Waals surface area (Å²) in [5.41, 5.74) is 2.23. The molecule has 0 aliphatic rings. The van der Waals surface area contributed by atoms with Crippen LogP contribution in [-0.2, 0) is 4.79 Å². The van der Waals surface area contributed by atoms with E-state index in [1.807, 2.05) is 0 Å². The number of nitrogens with one attached hydrogen (secondary N) is 1. The molecule has 1 heterocycles. The number of rotatable bonds is 3. The summed E-state index contributed by atoms with van der Waals surface area (Å²) in [5.74, 6) is -0.570. The molecule has 0 atom stereocenters. The molecule has 1 aromatic carbocycles. The maximum atomic E-state index is 11.9. The zero-order valence-electron chi connectivity index (χ0n) is 11.1. The van der Waals surface area contributed by atoms with Gasteiger partial charge in [-0.25, -0.2) is 10.2 Å². The van der Waals surface area contributed by atoms with Crippen LogP contribution in [0.15, 0.2) is 38.6 Å². The summed E-state index contributed by atoms with van der Waals surface area (Å²) in [6.45, 7) is 1.53. The van der Waals surface area contributed by atoms with E-state index in [4.69, 9.17) is 9.68 Å². The first-order chi connectivity index (χ1) is 10.0. The number of nitriles is 1. The van der Waals surface area contributed by atoms with E-state index in [1.54, 1.807) is 18.2 Å². The average Bonchev–Trinajstić information content (AvgIpc) is 2.44. The molecule has 0 saturated carbocycles. The molecule has 0 saturated heterocycles. The molecule has 0 aliphatic heterocycles. The Morgan fingerprint density at radius 1 is 1.48 bits per heavy atom. The Morgan fingerprint density at radius 2 is 2.24 bits per heavy atom. The summed E-state index contributed by atoms with van der Waals surface area (Å²) in [7, 11) is 0. The Morgan fingerprint density at radius 3 is 2.95 bits per heavy atom. The highest BCUT2D eigenvalue weighted by Crippen LogP contribution is 2.19. The zero-order valence-corrected chi connectivity index (χ0v) is 11.1. The number of hydrogen-bond acceptors (Lipinski definition) is 6. The van der Waals surface area contributed by atoms with Crippen molar-refractivity contribution in [3.8, 4) is 11.8 Å². The van der Waals surface area contributed by atoms with Crippen LogP contribution in [0.5, 0.6) is 5.75 Å². The van der Waals surface area contributed by atoms with Crippen LogP contribution in [0.2, 0.25) is 0 Å². The monoisotopic (exact) mass is 285 g/mol. The molecule has 2 aromatic rings. The summed E-state index contributed by atoms with van der Waals surface area (Å²) < 4.78 is 5.09. The molecule has 7 nitrogen and oxygen atoms in total. The third-order valence-corrected chi connectivity index (χ3v) is 2.70. The number of hydrazone groups is 1. The van der Waals surface area contributed by atoms with Gasteiger partial charge in [0, 0.05) is 11.5 Å². The number of carbonyl (C=O) groups is 1. The van der Waals surface area contributed by atoms with Crippen LogP contribution >= 0.6 is 0 Å². The van der Waals surface area contributed by atoms with Gasteiger partial charge >= 0.3 is 5.63 Å². The molecule has 0 unspecified atom stereocenters. The van der Waals surface area contributed by atoms with E-state index in [0.717, 1.165) is 0 Å². The van der Waals surface area contributed by atoms with Crippen LogP contribution in [0.25, 0.3) is 11.0 Å². The standard InChI is InChI=1S/C14H11N3O4/c1-8(16-17-13(19)4-5-15)11-6-9-2-3-10(18)7-12(9)21-14(11)20/h2-3,6-7,18H,4H2,1H3,(H,17,19)/b16-8+. The van der Waals surface area contributed by atoms with Gasteiger partial charge in [0.05, 0.1) is 17.3 Å². The lowest BCUT2D eigenvalue weighted by atomic mass is 10.1. The molecular formula is C14H11N3O4. The molecule has 1 aromatic heterocycles. The van der Waals surface area contributed by atoms with Crippen molar-refractivity contribution in [2.75, 3.05) is 0 Å². The van der Waals surface area contributed by atoms with Crippen molar-refractivity contribution >= 4 is 22.6 Å². The Hall–Kier alpha value is -3.14. The number of nitrogens with zero attached hydrogens (tertiary/aromatic N) is 2. The average molecular weight is 285 g/mol. The van der Waals surface area contributed by atoms with E-state index >= 15 is 0 Å². The highest BCUT2D eigenvalue weighted by Gasteiger charge is 2.09. The number of phenols is 1. The molecule has 2 rings (SSSR count). The van der Waals surface area contributed by atoms with Gasteiger partial charge < -0.3 is 9.52 Å². The Balaban J connectivity index is 2.38. The Labute approximate surface area is 119 Å². The number of hydrogen-bond donors (Lipinski definition) is 2. The van der Waals surface area contributed by atoms with Crippen molar-refractivity contribution in [2.24, 2.45) is 5.10 Å². The largest absolute Gasteiger partial charge is 0.508 e. The van der Waals surface area contributed by atoms with E-state index in [9.17, 15) is 14.7 Å². The van der Waals surface area contributed by atoms with E-state index in [-0.39, 0.29) is 29.0 Å². The van der Waals surface area contributed by atoms with E-state index in [1.165, 1.54) is 19.1 Å². The van der Waals surface area contributed by atoms with Crippen LogP contribution in [0.4, 0.5) is 0 Å². The second-order valence-electron chi connectivity index (χ2n) is 4.24. The van der Waals surface area contributed by atoms with Gasteiger partial charge in [-0.1, -0.05) is 0 Å². The lowest BCUT2D eigenvalue weighted by molar-refractivity contribution is -0.120. The van der Waals surface area contributed by atoms with Gasteiger partial charge in [-0.2, -0.15) is 10.4 Å². The normalized spacial score (nSPS) is 11.1. The Bertz CT molecular complexity index is 830. The molecule has 0 spiro atoms. The summed E-state index contributed by atoms with van der Waals surface area (Å²) in [5, 5.41) is 22.1. The second-order valence-corrected chi connectivity index (χ2v) is 4.24. The molecule has 106 valence electrons. The third kappa shape index (κ3) is 3.25. The molecule has 0 radical (unpaired) electrons. The van der Waals surface area contributed by atoms with Crippen molar-refractivity contribution < 1.29 is 14.3 Å². The van der Waals surface area contributed by atoms with Crippen LogP contribution in [0.1, 0.15) is 18.9 Å². The van der Waals surface area contributed by atoms with Crippen LogP contribution in [0.3, 0.4) is 0 Å². The first-order valence-electron chi connectivity index (χ1n) is 5.98. The lowest BCUT2D eigenvalue weighted by Crippen LogP contribution is -2.20. The van der Waals surface area contributed by atoms with Crippen molar-refractivity contribution in [2.45, 2.75) is 13.3 Å². The molecule has 2 N–H and O–H groups in total. The highest BCUT2D eigenvalue weighted by molar-refractivity contribution is 6.01. The van der Waals surface area contributed by atoms with Gasteiger partial charge in [0.25, 0.3) is 5.91 Å². The summed E-state index contributed by atoms with van der Waals surface area (Å²) in [6, 6.07) is 7.63. The molecular weight excluding hydrogens is 274 g/mol. The van der Waals surface area contributed by atoms with E-state index in [0.29, 0.717) is 5.39 Å². The van der Waals surface area contributed by atoms with Crippen molar-refractivity contribution in [1.29, 1.82) is 5.26 Å². The van der Waals surface area contributed by atoms with Crippen molar-refractivity contribution in [1.82, 2.24) is 5.43 Å². The second kappa shape index (κ2) is 5.88. The summed E-state index contributed by atoms with van der Waals surface area (Å²) in [6.07, 6.45) is -0.317. The van der Waals surface area contributed by atoms with Crippen LogP contribution < -0.4 is 11.1 Å². The lowest BCUT2D eigenvalue weighted by Gasteiger charge is -2.03. The number of phenolic OH excluding ortho intramolecular Hbond substituents is 1. The molecule has 0 aliphatic carbocycles. The fraction of sp³-hybridized carbons (Fsp3) is 0.143. The fourth-order valence-corrected chi connectivity index (χ4v) is 1.67. The first-order valence-corrected chi connectivity index (χ1v) is 5.98. The molecule has 1 amide bonds. The maximum Gasteiger partial charge on any atom is 0.345 e. The van der Waals surface area contributed by atoms with Crippen LogP contribution in [-0.4, -0.2) is 16.7 Å². The van der Waals surface area contributed by atoms with Crippen molar-refractivity contribution in [3.63, 3.8) is 0 Å². The molecule has 7 heteroatoms. The first kappa shape index (κ1) is 14.3. The number of amides is 1. The van der Waals surface area contributed by atoms with Crippen LogP contribution in [0, 0.1) is 11.3 Å². The Kier molecular flexibility index (Phi) is 4.00. The number of carbonyl (C=O) groups excluding carboxylic acids is 1. The molecule has 0 fully saturated rings. The van der Waals surface area contributed by atoms with Gasteiger partial charge in [0.1, 0.15) is 17.8 Å². The number of benzene rings is 1. The van der Waals surface area contributed by atoms with Gasteiger partial charge in [-0.3, -0.25) is 4.79 Å². The van der Waals surface area contributed by atoms with Gasteiger partial charge in [0.15, 0.2) is 0 Å². The maximum absolute atomic E-state index is 11.9. The zero-order chi connectivity index (χ0) is 15.4. The smallest absolute Gasteiger partial charge is 0.345 e. The predicted octanol–water partition coefficient (Wildman–Crippen LogP) is 1.25. The summed E-state index contributed by atoms with van der Waals surface area (Å²) in [4.78, 5) is 23.0. The predicted molar refractivity (Wildman–Crippen MR) is 74.7 cm³/mol.